The largest absolute Gasteiger partial charge is 0.455 e. The van der Waals surface area contributed by atoms with Gasteiger partial charge < -0.3 is 13.3 Å². The smallest absolute Gasteiger partial charge is 0.216 e. The van der Waals surface area contributed by atoms with Crippen LogP contribution in [0.15, 0.2) is 250 Å². The van der Waals surface area contributed by atoms with E-state index in [0.717, 1.165) is 133 Å². The summed E-state index contributed by atoms with van der Waals surface area (Å²) in [4.78, 5) is 0. The minimum absolute atomic E-state index is 0.178. The van der Waals surface area contributed by atoms with E-state index in [2.05, 4.69) is 188 Å². The van der Waals surface area contributed by atoms with Crippen molar-refractivity contribution in [2.45, 2.75) is 67.6 Å². The van der Waals surface area contributed by atoms with Crippen LogP contribution in [0.5, 0.6) is 0 Å². The van der Waals surface area contributed by atoms with E-state index in [4.69, 9.17) is 24.2 Å². The molecule has 0 N–H and O–H groups in total. The Kier molecular flexibility index (Phi) is 13.3. The molecular weight excluding hydrogens is 1090 g/mol. The van der Waals surface area contributed by atoms with Gasteiger partial charge in [-0.05, 0) is 127 Å². The highest BCUT2D eigenvalue weighted by Gasteiger charge is 2.25. The third-order valence-electron chi connectivity index (χ3n) is 17.2. The molecule has 0 saturated carbocycles. The summed E-state index contributed by atoms with van der Waals surface area (Å²) in [6.07, 6.45) is 6.54. The van der Waals surface area contributed by atoms with Crippen LogP contribution in [0.2, 0.25) is 0 Å². The zero-order valence-electron chi connectivity index (χ0n) is 59.8. The molecule has 0 fully saturated rings. The van der Waals surface area contributed by atoms with Gasteiger partial charge in [0.1, 0.15) is 54.6 Å². The molecule has 6 heteroatoms. The van der Waals surface area contributed by atoms with Crippen LogP contribution in [0.4, 0.5) is 0 Å². The summed E-state index contributed by atoms with van der Waals surface area (Å²) in [6, 6.07) is 73.8. The Bertz CT molecular complexity index is 5500. The van der Waals surface area contributed by atoms with Crippen LogP contribution in [0.1, 0.15) is 77.8 Å². The van der Waals surface area contributed by atoms with Gasteiger partial charge in [-0.2, -0.15) is 0 Å². The Labute approximate surface area is 533 Å². The maximum Gasteiger partial charge on any atom is 0.216 e. The van der Waals surface area contributed by atoms with Crippen molar-refractivity contribution < 1.29 is 37.9 Å². The van der Waals surface area contributed by atoms with E-state index in [1.165, 1.54) is 41.5 Å². The van der Waals surface area contributed by atoms with Crippen LogP contribution in [0.3, 0.4) is 0 Å². The molecule has 89 heavy (non-hydrogen) atoms. The van der Waals surface area contributed by atoms with Gasteiger partial charge in [0, 0.05) is 78.2 Å². The summed E-state index contributed by atoms with van der Waals surface area (Å²) in [7, 11) is 6.16. The number of benzene rings is 9. The normalized spacial score (nSPS) is 14.5. The van der Waals surface area contributed by atoms with Crippen molar-refractivity contribution in [2.24, 2.45) is 27.0 Å². The molecule has 15 rings (SSSR count). The van der Waals surface area contributed by atoms with Gasteiger partial charge in [-0.1, -0.05) is 197 Å². The maximum absolute atomic E-state index is 8.30. The predicted molar refractivity (Wildman–Crippen MR) is 369 cm³/mol. The number of hydrogen-bond donors (Lipinski definition) is 0. The number of pyridine rings is 3. The second kappa shape index (κ2) is 24.2. The van der Waals surface area contributed by atoms with Crippen molar-refractivity contribution in [2.75, 3.05) is 0 Å². The van der Waals surface area contributed by atoms with Crippen molar-refractivity contribution >= 4 is 65.8 Å². The molecule has 9 aromatic carbocycles. The number of hydrogen-bond acceptors (Lipinski definition) is 3. The maximum atomic E-state index is 8.30. The Balaban J connectivity index is 0.000000132. The van der Waals surface area contributed by atoms with Gasteiger partial charge in [-0.15, -0.1) is 0 Å². The van der Waals surface area contributed by atoms with E-state index in [1.54, 1.807) is 12.1 Å². The van der Waals surface area contributed by atoms with Gasteiger partial charge in [0.05, 0.1) is 16.7 Å². The molecule has 0 saturated heterocycles. The van der Waals surface area contributed by atoms with Gasteiger partial charge in [0.25, 0.3) is 0 Å². The lowest BCUT2D eigenvalue weighted by Gasteiger charge is -2.09. The third-order valence-corrected chi connectivity index (χ3v) is 17.2. The lowest BCUT2D eigenvalue weighted by atomic mass is 9.98. The monoisotopic (exact) mass is 1170 g/mol. The molecule has 0 bridgehead atoms. The Morgan fingerprint density at radius 3 is 1.13 bits per heavy atom. The quantitative estimate of drug-likeness (QED) is 0.135. The fourth-order valence-corrected chi connectivity index (χ4v) is 12.6. The number of aromatic nitrogens is 3. The molecule has 6 heterocycles. The van der Waals surface area contributed by atoms with Crippen molar-refractivity contribution in [1.82, 2.24) is 0 Å². The molecule has 6 nitrogen and oxygen atoms in total. The van der Waals surface area contributed by atoms with E-state index in [9.17, 15) is 0 Å². The van der Waals surface area contributed by atoms with Crippen molar-refractivity contribution in [3.05, 3.63) is 270 Å². The molecule has 0 aliphatic rings. The van der Waals surface area contributed by atoms with Crippen LogP contribution in [-0.4, -0.2) is 0 Å². The van der Waals surface area contributed by atoms with Crippen LogP contribution >= 0.6 is 0 Å². The average molecular weight is 1170 g/mol. The first-order chi connectivity index (χ1) is 46.2. The Morgan fingerprint density at radius 1 is 0.371 bits per heavy atom. The molecule has 0 radical (unpaired) electrons. The first kappa shape index (κ1) is 48.9. The second-order valence-electron chi connectivity index (χ2n) is 23.7. The van der Waals surface area contributed by atoms with Crippen LogP contribution in [-0.2, 0) is 27.6 Å². The first-order valence-corrected chi connectivity index (χ1v) is 30.2. The summed E-state index contributed by atoms with van der Waals surface area (Å²) >= 11 is 0. The van der Waals surface area contributed by atoms with E-state index in [0.29, 0.717) is 5.56 Å². The number of furan rings is 3. The molecule has 0 aliphatic carbocycles. The van der Waals surface area contributed by atoms with Gasteiger partial charge in [-0.3, -0.25) is 0 Å². The predicted octanol–water partition coefficient (Wildman–Crippen LogP) is 20.8. The Morgan fingerprint density at radius 2 is 0.753 bits per heavy atom. The van der Waals surface area contributed by atoms with Gasteiger partial charge >= 0.3 is 0 Å². The highest BCUT2D eigenvalue weighted by atomic mass is 16.3. The zero-order chi connectivity index (χ0) is 68.5. The van der Waals surface area contributed by atoms with Crippen molar-refractivity contribution in [3.63, 3.8) is 0 Å². The minimum Gasteiger partial charge on any atom is -0.455 e. The van der Waals surface area contributed by atoms with Gasteiger partial charge in [-0.25, -0.2) is 13.7 Å². The zero-order valence-corrected chi connectivity index (χ0v) is 51.8. The third kappa shape index (κ3) is 11.3. The number of nitrogens with zero attached hydrogens (tertiary/aromatic N) is 3. The topological polar surface area (TPSA) is 51.1 Å². The molecule has 0 amide bonds. The molecule has 0 aliphatic heterocycles. The summed E-state index contributed by atoms with van der Waals surface area (Å²) in [5.41, 5.74) is 24.6. The standard InChI is InChI=1S/C29H28NO.C28H26NO.C26H22NO/c1-19(2)17-21-10-12-22(13-11-21)23-14-16-26(30(4)18-23)28-20(3)9-15-25-24-7-5-6-8-27(24)31-29(25)28;1-18(2)20-10-12-21(13-11-20)22-14-16-25(29(4)17-22)27-19(3)9-15-24-23-7-5-6-8-26(23)30-28(24)27;1-17-7-6-8-19(15-17)20-12-14-23(27(3)16-20)25-18(2)11-13-22-21-9-4-5-10-24(21)28-26(22)25/h5-16,18-19H,17H2,1-4H3;5-18H,1-4H3;4-16H,1-3H3/q3*+1/i1D3,19D;1D3,18D;. The molecule has 438 valence electrons. The van der Waals surface area contributed by atoms with Crippen LogP contribution < -0.4 is 13.7 Å². The SMILES string of the molecule is Cc1cccc(-c2ccc(-c3c(C)ccc4c3oc3ccccc34)[n+](C)c2)c1.[2H]C([2H])([2H])C([2H])(C)Cc1ccc(-c2ccc(-c3c(C)ccc4c3oc3ccccc34)[n+](C)c2)cc1.[2H]C([2H])([2H])C([2H])(C)c1ccc(-c2ccc(-c3c(C)ccc4c3oc3ccccc34)[n+](C)c2)cc1. The Hall–Kier alpha value is -10.2. The summed E-state index contributed by atoms with van der Waals surface area (Å²) in [5.74, 6) is -3.17. The minimum atomic E-state index is -2.39. The van der Waals surface area contributed by atoms with E-state index < -0.39 is 25.5 Å². The molecule has 6 aromatic heterocycles. The van der Waals surface area contributed by atoms with E-state index >= 15 is 0 Å². The lowest BCUT2D eigenvalue weighted by molar-refractivity contribution is -0.660. The molecule has 0 spiro atoms. The fraction of sp³-hybridized carbons (Fsp3) is 0.169. The molecular formula is C83H76N3O3+3. The second-order valence-corrected chi connectivity index (χ2v) is 23.7. The van der Waals surface area contributed by atoms with Crippen LogP contribution in [0, 0.1) is 33.6 Å². The summed E-state index contributed by atoms with van der Waals surface area (Å²) in [6.45, 7) is 6.67. The summed E-state index contributed by atoms with van der Waals surface area (Å²) in [5, 5.41) is 6.77. The number of rotatable bonds is 9. The van der Waals surface area contributed by atoms with Gasteiger partial charge in [0.15, 0.2) is 18.6 Å². The first-order valence-electron chi connectivity index (χ1n) is 34.2. The number of para-hydroxylation sites is 3. The van der Waals surface area contributed by atoms with Gasteiger partial charge in [0.2, 0.25) is 17.1 Å². The highest BCUT2D eigenvalue weighted by molar-refractivity contribution is 6.12. The fourth-order valence-electron chi connectivity index (χ4n) is 12.6. The number of aryl methyl sites for hydroxylation is 7. The lowest BCUT2D eigenvalue weighted by Crippen LogP contribution is -2.31. The van der Waals surface area contributed by atoms with Crippen LogP contribution in [0.25, 0.3) is 133 Å². The van der Waals surface area contributed by atoms with Crippen molar-refractivity contribution in [3.8, 4) is 67.2 Å². The highest BCUT2D eigenvalue weighted by Crippen LogP contribution is 2.41. The average Bonchev–Trinajstić information content (AvgIpc) is 1.67. The number of fused-ring (bicyclic) bond motifs is 9. The van der Waals surface area contributed by atoms with E-state index in [-0.39, 0.29) is 6.42 Å². The molecule has 2 unspecified atom stereocenters. The molecule has 2 atom stereocenters. The summed E-state index contributed by atoms with van der Waals surface area (Å²) < 4.78 is 87.6. The van der Waals surface area contributed by atoms with E-state index in [1.807, 2.05) is 99.0 Å². The molecule has 15 aromatic rings. The van der Waals surface area contributed by atoms with Crippen molar-refractivity contribution in [1.29, 1.82) is 0 Å².